The maximum Gasteiger partial charge on any atom is 0.225 e. The van der Waals surface area contributed by atoms with Crippen LogP contribution in [-0.2, 0) is 47.7 Å². The van der Waals surface area contributed by atoms with Crippen LogP contribution < -0.4 is 53.5 Å². The van der Waals surface area contributed by atoms with Crippen LogP contribution in [0.2, 0.25) is 5.28 Å². The van der Waals surface area contributed by atoms with Crippen LogP contribution in [0, 0.1) is 24.7 Å². The van der Waals surface area contributed by atoms with Gasteiger partial charge in [-0.15, -0.1) is 0 Å². The maximum atomic E-state index is 6.63. The van der Waals surface area contributed by atoms with E-state index in [9.17, 15) is 0 Å². The first-order valence-electron chi connectivity index (χ1n) is 50.8. The van der Waals surface area contributed by atoms with Crippen molar-refractivity contribution in [3.05, 3.63) is 175 Å². The van der Waals surface area contributed by atoms with Gasteiger partial charge in [0.2, 0.25) is 17.1 Å². The molecule has 6 aliphatic heterocycles. The van der Waals surface area contributed by atoms with Crippen LogP contribution in [0.3, 0.4) is 0 Å². The molecule has 140 heavy (non-hydrogen) atoms. The Morgan fingerprint density at radius 2 is 0.764 bits per heavy atom. The third kappa shape index (κ3) is 26.6. The lowest BCUT2D eigenvalue weighted by molar-refractivity contribution is 0.122. The van der Waals surface area contributed by atoms with Crippen molar-refractivity contribution in [1.82, 2.24) is 84.6 Å². The van der Waals surface area contributed by atoms with Crippen LogP contribution >= 0.6 is 11.6 Å². The minimum absolute atomic E-state index is 0.136. The Balaban J connectivity index is 0.000000119. The number of hydrogen-bond acceptors (Lipinski definition) is 34. The zero-order valence-electron chi connectivity index (χ0n) is 81.0. The van der Waals surface area contributed by atoms with Crippen LogP contribution in [0.15, 0.2) is 141 Å². The molecule has 10 aliphatic rings. The lowest BCUT2D eigenvalue weighted by atomic mass is 9.84. The Morgan fingerprint density at radius 3 is 1.21 bits per heavy atom. The van der Waals surface area contributed by atoms with E-state index < -0.39 is 0 Å². The van der Waals surface area contributed by atoms with E-state index in [2.05, 4.69) is 164 Å². The average Bonchev–Trinajstić information content (AvgIpc) is 0.817. The lowest BCUT2D eigenvalue weighted by Crippen LogP contribution is -2.37. The SMILES string of the molecule is COCCOc1cc(NC2CCC(Oc3cc(N4CCOCC4)cc4nccnc34)CC2)ncn1.Cc1cnc2c(OC3CCC(Cc4ncc(C5CCN(C)CC5)cn4)CC3)cc(N3CCOCC3)cc2n1.Clc1nccc(CC2CCC(Oc3cc(N4CCOCC4)cc4nccnc34)CC2)n1.c1cc(CC2CCC(Oc3cc(N4CCOCC4)cc4nccnc34)CC2)nc(N2CCOCC2)n1. The van der Waals surface area contributed by atoms with Crippen LogP contribution in [0.1, 0.15) is 150 Å². The van der Waals surface area contributed by atoms with Gasteiger partial charge >= 0.3 is 0 Å². The van der Waals surface area contributed by atoms with E-state index in [1.165, 1.54) is 24.7 Å². The largest absolute Gasteiger partial charge is 0.488 e. The molecule has 34 nitrogen and oxygen atoms in total. The first kappa shape index (κ1) is 97.2. The number of hydrogen-bond donors (Lipinski definition) is 1. The molecule has 35 heteroatoms. The predicted molar refractivity (Wildman–Crippen MR) is 539 cm³/mol. The van der Waals surface area contributed by atoms with Gasteiger partial charge in [-0.25, -0.2) is 64.8 Å². The summed E-state index contributed by atoms with van der Waals surface area (Å²) in [6.07, 6.45) is 44.4. The molecule has 0 radical (unpaired) electrons. The number of aromatic nitrogens is 16. The zero-order chi connectivity index (χ0) is 95.0. The molecule has 0 atom stereocenters. The van der Waals surface area contributed by atoms with Crippen LogP contribution in [0.25, 0.3) is 44.1 Å². The van der Waals surface area contributed by atoms with Gasteiger partial charge in [-0.3, -0.25) is 15.0 Å². The van der Waals surface area contributed by atoms with Crippen molar-refractivity contribution in [2.45, 2.75) is 178 Å². The summed E-state index contributed by atoms with van der Waals surface area (Å²) in [5.74, 6) is 8.92. The first-order chi connectivity index (χ1) is 68.9. The second kappa shape index (κ2) is 48.7. The summed E-state index contributed by atoms with van der Waals surface area (Å²) >= 11 is 5.93. The summed E-state index contributed by atoms with van der Waals surface area (Å²) in [4.78, 5) is 86.5. The molecule has 6 saturated heterocycles. The number of methoxy groups -OCH3 is 1. The molecule has 12 aromatic rings. The van der Waals surface area contributed by atoms with Crippen molar-refractivity contribution in [2.24, 2.45) is 17.8 Å². The second-order valence-corrected chi connectivity index (χ2v) is 38.6. The molecule has 0 bridgehead atoms. The predicted octanol–water partition coefficient (Wildman–Crippen LogP) is 15.0. The van der Waals surface area contributed by atoms with Gasteiger partial charge < -0.3 is 86.8 Å². The second-order valence-electron chi connectivity index (χ2n) is 38.3. The fourth-order valence-corrected chi connectivity index (χ4v) is 20.9. The molecule has 4 saturated carbocycles. The third-order valence-corrected chi connectivity index (χ3v) is 28.8. The number of benzene rings is 4. The molecule has 4 aromatic carbocycles. The van der Waals surface area contributed by atoms with Gasteiger partial charge in [0.15, 0.2) is 0 Å². The normalized spacial score (nSPS) is 22.3. The summed E-state index contributed by atoms with van der Waals surface area (Å²) in [7, 11) is 3.85. The number of ether oxygens (including phenoxy) is 11. The highest BCUT2D eigenvalue weighted by Crippen LogP contribution is 2.42. The Morgan fingerprint density at radius 1 is 0.364 bits per heavy atom. The van der Waals surface area contributed by atoms with E-state index in [0.717, 1.165) is 391 Å². The number of rotatable bonds is 26. The van der Waals surface area contributed by atoms with E-state index in [4.69, 9.17) is 88.6 Å². The molecular formula is C105H132ClN23O11. The lowest BCUT2D eigenvalue weighted by Gasteiger charge is -2.31. The highest BCUT2D eigenvalue weighted by atomic mass is 35.5. The van der Waals surface area contributed by atoms with Crippen LogP contribution in [0.5, 0.6) is 28.9 Å². The van der Waals surface area contributed by atoms with Crippen LogP contribution in [-0.4, -0.2) is 287 Å². The van der Waals surface area contributed by atoms with Gasteiger partial charge in [-0.1, -0.05) is 0 Å². The van der Waals surface area contributed by atoms with Crippen LogP contribution in [0.4, 0.5) is 34.5 Å². The molecule has 0 spiro atoms. The standard InChI is InChI=1S/C30H40N6O2.C27H34N6O3.C25H32N6O4.C23H26ClN5O2/c1-21-18-33-30-27(34-21)16-25(36-11-13-37-14-12-36)17-28(30)38-26-5-3-22(4-6-26)15-29-31-19-24(20-32-29)23-7-9-35(2)10-8-23;1-3-23(4-2-20(1)17-21-5-6-30-27(31-21)33-11-15-35-16-12-33)36-25-19-22(32-9-13-34-14-10-32)18-24-26(25)29-8-7-28-24;1-32-12-13-34-24-16-23(28-17-29-24)30-18-2-4-20(5-3-18)35-22-15-19(31-8-10-33-11-9-31)14-21-25(22)27-7-6-26-21;24-23-27-6-5-17(28-23)13-16-1-3-19(4-2-16)31-21-15-18(29-9-11-30-12-10-29)14-20-22(21)26-8-7-25-20/h16-20,22-23,26H,3-15H2,1-2H3;5-8,18-20,23H,1-4,9-17H2;6-7,14-18,20H,2-5,8-13H2,1H3,(H,28,29,30);5-8,14-16,19H,1-4,9-13H2. The van der Waals surface area contributed by atoms with Gasteiger partial charge in [-0.05, 0) is 233 Å². The van der Waals surface area contributed by atoms with Gasteiger partial charge in [0, 0.05) is 218 Å². The number of likely N-dealkylation sites (tertiary alicyclic amines) is 1. The smallest absolute Gasteiger partial charge is 0.225 e. The molecule has 10 fully saturated rings. The number of anilines is 6. The first-order valence-corrected chi connectivity index (χ1v) is 51.1. The number of nitrogens with one attached hydrogen (secondary N) is 1. The van der Waals surface area contributed by atoms with Gasteiger partial charge in [0.1, 0.15) is 69.6 Å². The number of morpholine rings is 5. The Bertz CT molecular complexity index is 5940. The zero-order valence-corrected chi connectivity index (χ0v) is 81.8. The molecule has 0 amide bonds. The van der Waals surface area contributed by atoms with Gasteiger partial charge in [0.25, 0.3) is 0 Å². The Labute approximate surface area is 823 Å². The molecule has 8 aromatic heterocycles. The minimum Gasteiger partial charge on any atom is -0.488 e. The molecule has 22 rings (SSSR count). The van der Waals surface area contributed by atoms with Crippen molar-refractivity contribution < 1.29 is 52.1 Å². The van der Waals surface area contributed by atoms with Gasteiger partial charge in [-0.2, -0.15) is 0 Å². The number of piperidine rings is 1. The monoisotopic (exact) mass is 1930 g/mol. The summed E-state index contributed by atoms with van der Waals surface area (Å²) in [5.41, 5.74) is 15.7. The molecule has 14 heterocycles. The highest BCUT2D eigenvalue weighted by Gasteiger charge is 2.33. The quantitative estimate of drug-likeness (QED) is 0.0389. The minimum atomic E-state index is 0.136. The molecule has 0 unspecified atom stereocenters. The summed E-state index contributed by atoms with van der Waals surface area (Å²) in [6, 6.07) is 23.2. The molecular weight excluding hydrogens is 1790 g/mol. The van der Waals surface area contributed by atoms with Gasteiger partial charge in [0.05, 0.1) is 125 Å². The number of fused-ring (bicyclic) bond motifs is 4. The van der Waals surface area contributed by atoms with Crippen molar-refractivity contribution in [3.63, 3.8) is 0 Å². The van der Waals surface area contributed by atoms with Crippen molar-refractivity contribution in [2.75, 3.05) is 202 Å². The van der Waals surface area contributed by atoms with Crippen molar-refractivity contribution in [1.29, 1.82) is 0 Å². The van der Waals surface area contributed by atoms with E-state index in [0.29, 0.717) is 54.1 Å². The van der Waals surface area contributed by atoms with Crippen molar-refractivity contribution >= 4 is 90.3 Å². The fourth-order valence-electron chi connectivity index (χ4n) is 20.7. The van der Waals surface area contributed by atoms with E-state index in [1.54, 1.807) is 50.5 Å². The number of nitrogens with zero attached hydrogens (tertiary/aromatic N) is 22. The summed E-state index contributed by atoms with van der Waals surface area (Å²) in [5, 5.41) is 3.84. The fraction of sp³-hybridized carbons (Fsp3) is 0.543. The van der Waals surface area contributed by atoms with E-state index in [1.807, 2.05) is 31.5 Å². The average molecular weight is 1930 g/mol. The van der Waals surface area contributed by atoms with E-state index >= 15 is 0 Å². The Kier molecular flexibility index (Phi) is 33.8. The molecule has 1 N–H and O–H groups in total. The molecule has 4 aliphatic carbocycles. The Hall–Kier alpha value is -11.6. The maximum absolute atomic E-state index is 6.63. The van der Waals surface area contributed by atoms with Crippen molar-refractivity contribution in [3.8, 4) is 28.9 Å². The number of aryl methyl sites for hydroxylation is 1. The topological polar surface area (TPSA) is 339 Å². The van der Waals surface area contributed by atoms with E-state index in [-0.39, 0.29) is 24.4 Å². The number of halogens is 1. The summed E-state index contributed by atoms with van der Waals surface area (Å²) in [6.45, 7) is 21.5. The third-order valence-electron chi connectivity index (χ3n) is 28.6. The molecule has 740 valence electrons. The summed E-state index contributed by atoms with van der Waals surface area (Å²) < 4.78 is 64.4. The highest BCUT2D eigenvalue weighted by molar-refractivity contribution is 6.28.